The number of carboxylic acids is 1. The minimum absolute atomic E-state index is 0.0208. The Morgan fingerprint density at radius 3 is 2.17 bits per heavy atom. The van der Waals surface area contributed by atoms with E-state index in [-0.39, 0.29) is 24.7 Å². The Morgan fingerprint density at radius 2 is 1.57 bits per heavy atom. The molecule has 0 aromatic heterocycles. The summed E-state index contributed by atoms with van der Waals surface area (Å²) in [5.74, 6) is -1.54. The number of aliphatic carboxylic acids is 1. The van der Waals surface area contributed by atoms with Gasteiger partial charge in [0.2, 0.25) is 0 Å². The third-order valence-corrected chi connectivity index (χ3v) is 5.67. The molecule has 1 aliphatic carbocycles. The lowest BCUT2D eigenvalue weighted by atomic mass is 9.98. The molecule has 1 amide bonds. The molecule has 2 N–H and O–H groups in total. The number of alkyl halides is 3. The van der Waals surface area contributed by atoms with E-state index in [4.69, 9.17) is 9.47 Å². The van der Waals surface area contributed by atoms with E-state index >= 15 is 0 Å². The molecule has 9 heteroatoms. The second kappa shape index (κ2) is 10.1. The van der Waals surface area contributed by atoms with Gasteiger partial charge in [0.25, 0.3) is 0 Å². The molecule has 4 rings (SSSR count). The Kier molecular flexibility index (Phi) is 6.95. The van der Waals surface area contributed by atoms with Crippen LogP contribution in [-0.2, 0) is 16.0 Å². The van der Waals surface area contributed by atoms with Gasteiger partial charge in [-0.3, -0.25) is 0 Å². The summed E-state index contributed by atoms with van der Waals surface area (Å²) in [5, 5.41) is 11.9. The highest BCUT2D eigenvalue weighted by atomic mass is 19.4. The van der Waals surface area contributed by atoms with Gasteiger partial charge in [0, 0.05) is 12.3 Å². The first kappa shape index (κ1) is 24.1. The second-order valence-electron chi connectivity index (χ2n) is 8.12. The van der Waals surface area contributed by atoms with E-state index in [2.05, 4.69) is 5.32 Å². The van der Waals surface area contributed by atoms with Crippen molar-refractivity contribution < 1.29 is 37.3 Å². The van der Waals surface area contributed by atoms with Gasteiger partial charge in [0.05, 0.1) is 0 Å². The Hall–Kier alpha value is -4.01. The molecule has 182 valence electrons. The standard InChI is InChI=1S/C26H22F3NO5/c27-26(28,29)15-35-17-7-5-6-16(12-17)13-23(24(31)32)30-25(33)34-14-22-20-10-3-1-8-18(20)19-9-2-4-11-21(19)22/h1-12,22-23H,13-15H2,(H,30,33)(H,31,32). The highest BCUT2D eigenvalue weighted by molar-refractivity contribution is 5.81. The maximum atomic E-state index is 12.5. The van der Waals surface area contributed by atoms with Crippen LogP contribution < -0.4 is 10.1 Å². The summed E-state index contributed by atoms with van der Waals surface area (Å²) in [6.45, 7) is -1.44. The van der Waals surface area contributed by atoms with Crippen LogP contribution in [0.1, 0.15) is 22.6 Å². The van der Waals surface area contributed by atoms with Crippen molar-refractivity contribution in [1.29, 1.82) is 0 Å². The van der Waals surface area contributed by atoms with Gasteiger partial charge in [-0.1, -0.05) is 60.7 Å². The Bertz CT molecular complexity index is 1180. The molecule has 0 bridgehead atoms. The van der Waals surface area contributed by atoms with E-state index in [9.17, 15) is 27.9 Å². The number of carbonyl (C=O) groups excluding carboxylic acids is 1. The van der Waals surface area contributed by atoms with E-state index < -0.39 is 30.9 Å². The van der Waals surface area contributed by atoms with E-state index in [1.165, 1.54) is 24.3 Å². The van der Waals surface area contributed by atoms with Crippen LogP contribution in [0.2, 0.25) is 0 Å². The maximum Gasteiger partial charge on any atom is 0.422 e. The molecule has 0 aliphatic heterocycles. The average Bonchev–Trinajstić information content (AvgIpc) is 3.14. The molecule has 3 aromatic rings. The highest BCUT2D eigenvalue weighted by Crippen LogP contribution is 2.44. The highest BCUT2D eigenvalue weighted by Gasteiger charge is 2.30. The van der Waals surface area contributed by atoms with Crippen molar-refractivity contribution in [3.8, 4) is 16.9 Å². The van der Waals surface area contributed by atoms with Crippen molar-refractivity contribution in [2.75, 3.05) is 13.2 Å². The number of ether oxygens (including phenoxy) is 2. The third kappa shape index (κ3) is 5.92. The minimum atomic E-state index is -4.49. The minimum Gasteiger partial charge on any atom is -0.484 e. The zero-order valence-corrected chi connectivity index (χ0v) is 18.4. The largest absolute Gasteiger partial charge is 0.484 e. The zero-order valence-electron chi connectivity index (χ0n) is 18.4. The Morgan fingerprint density at radius 1 is 0.943 bits per heavy atom. The smallest absolute Gasteiger partial charge is 0.422 e. The number of alkyl carbamates (subject to hydrolysis) is 1. The van der Waals surface area contributed by atoms with Gasteiger partial charge in [0.1, 0.15) is 18.4 Å². The molecule has 35 heavy (non-hydrogen) atoms. The monoisotopic (exact) mass is 485 g/mol. The molecule has 0 saturated carbocycles. The molecule has 1 atom stereocenters. The molecule has 1 unspecified atom stereocenters. The number of benzene rings is 3. The number of carbonyl (C=O) groups is 2. The lowest BCUT2D eigenvalue weighted by molar-refractivity contribution is -0.153. The Labute approximate surface area is 199 Å². The quantitative estimate of drug-likeness (QED) is 0.460. The molecule has 0 radical (unpaired) electrons. The predicted molar refractivity (Wildman–Crippen MR) is 121 cm³/mol. The number of carboxylic acid groups (broad SMARTS) is 1. The van der Waals surface area contributed by atoms with Crippen LogP contribution in [0.15, 0.2) is 72.8 Å². The molecular weight excluding hydrogens is 463 g/mol. The van der Waals surface area contributed by atoms with Crippen LogP contribution >= 0.6 is 0 Å². The number of fused-ring (bicyclic) bond motifs is 3. The maximum absolute atomic E-state index is 12.5. The second-order valence-corrected chi connectivity index (χ2v) is 8.12. The van der Waals surface area contributed by atoms with Crippen LogP contribution in [0.3, 0.4) is 0 Å². The van der Waals surface area contributed by atoms with Gasteiger partial charge in [-0.2, -0.15) is 13.2 Å². The van der Waals surface area contributed by atoms with Crippen molar-refractivity contribution in [3.63, 3.8) is 0 Å². The third-order valence-electron chi connectivity index (χ3n) is 5.67. The van der Waals surface area contributed by atoms with E-state index in [1.54, 1.807) is 0 Å². The summed E-state index contributed by atoms with van der Waals surface area (Å²) in [7, 11) is 0. The van der Waals surface area contributed by atoms with Crippen LogP contribution in [0, 0.1) is 0 Å². The van der Waals surface area contributed by atoms with Crippen LogP contribution in [-0.4, -0.2) is 42.6 Å². The van der Waals surface area contributed by atoms with Gasteiger partial charge >= 0.3 is 18.2 Å². The van der Waals surface area contributed by atoms with E-state index in [0.717, 1.165) is 22.3 Å². The summed E-state index contributed by atoms with van der Waals surface area (Å²) in [6.07, 6.45) is -5.56. The SMILES string of the molecule is O=C(NC(Cc1cccc(OCC(F)(F)F)c1)C(=O)O)OCC1c2ccccc2-c2ccccc21. The number of hydrogen-bond acceptors (Lipinski definition) is 4. The van der Waals surface area contributed by atoms with Crippen molar-refractivity contribution in [3.05, 3.63) is 89.5 Å². The number of rotatable bonds is 8. The van der Waals surface area contributed by atoms with Crippen LogP contribution in [0.5, 0.6) is 5.75 Å². The normalized spacial score (nSPS) is 13.5. The Balaban J connectivity index is 1.39. The summed E-state index contributed by atoms with van der Waals surface area (Å²) in [5.41, 5.74) is 4.55. The van der Waals surface area contributed by atoms with Crippen LogP contribution in [0.25, 0.3) is 11.1 Å². The lowest BCUT2D eigenvalue weighted by Gasteiger charge is -2.18. The van der Waals surface area contributed by atoms with Gasteiger partial charge in [-0.15, -0.1) is 0 Å². The fourth-order valence-corrected chi connectivity index (χ4v) is 4.15. The molecule has 0 heterocycles. The summed E-state index contributed by atoms with van der Waals surface area (Å²) in [6, 6.07) is 19.9. The fraction of sp³-hybridized carbons (Fsp3) is 0.231. The fourth-order valence-electron chi connectivity index (χ4n) is 4.15. The van der Waals surface area contributed by atoms with Crippen LogP contribution in [0.4, 0.5) is 18.0 Å². The molecule has 0 fully saturated rings. The number of nitrogens with one attached hydrogen (secondary N) is 1. The number of hydrogen-bond donors (Lipinski definition) is 2. The van der Waals surface area contributed by atoms with Crippen molar-refractivity contribution in [2.45, 2.75) is 24.6 Å². The molecule has 0 saturated heterocycles. The van der Waals surface area contributed by atoms with Gasteiger partial charge < -0.3 is 19.9 Å². The lowest BCUT2D eigenvalue weighted by Crippen LogP contribution is -2.42. The predicted octanol–water partition coefficient (Wildman–Crippen LogP) is 5.16. The summed E-state index contributed by atoms with van der Waals surface area (Å²) < 4.78 is 47.3. The molecule has 1 aliphatic rings. The average molecular weight is 485 g/mol. The number of halogens is 3. The topological polar surface area (TPSA) is 84.9 Å². The molecular formula is C26H22F3NO5. The first-order valence-corrected chi connectivity index (χ1v) is 10.8. The van der Waals surface area contributed by atoms with Gasteiger partial charge in [-0.25, -0.2) is 9.59 Å². The number of amides is 1. The van der Waals surface area contributed by atoms with Gasteiger partial charge in [-0.05, 0) is 39.9 Å². The van der Waals surface area contributed by atoms with Gasteiger partial charge in [0.15, 0.2) is 6.61 Å². The summed E-state index contributed by atoms with van der Waals surface area (Å²) in [4.78, 5) is 24.2. The first-order valence-electron chi connectivity index (χ1n) is 10.8. The summed E-state index contributed by atoms with van der Waals surface area (Å²) >= 11 is 0. The van der Waals surface area contributed by atoms with Crippen molar-refractivity contribution >= 4 is 12.1 Å². The molecule has 0 spiro atoms. The van der Waals surface area contributed by atoms with E-state index in [1.807, 2.05) is 48.5 Å². The molecule has 3 aromatic carbocycles. The van der Waals surface area contributed by atoms with Crippen molar-refractivity contribution in [2.24, 2.45) is 0 Å². The first-order chi connectivity index (χ1) is 16.7. The molecule has 6 nitrogen and oxygen atoms in total. The van der Waals surface area contributed by atoms with E-state index in [0.29, 0.717) is 5.56 Å². The zero-order chi connectivity index (χ0) is 25.0. The van der Waals surface area contributed by atoms with Crippen molar-refractivity contribution in [1.82, 2.24) is 5.32 Å².